The minimum atomic E-state index is -4.60. The number of hydrogen-bond donors (Lipinski definition) is 0. The fourth-order valence-corrected chi connectivity index (χ4v) is 2.92. The molecule has 1 saturated heterocycles. The van der Waals surface area contributed by atoms with Crippen LogP contribution in [0, 0.1) is 5.92 Å². The van der Waals surface area contributed by atoms with Gasteiger partial charge in [0.2, 0.25) is 0 Å². The average molecular weight is 366 g/mol. The Hall–Kier alpha value is -2.71. The predicted octanol–water partition coefficient (Wildman–Crippen LogP) is 2.95. The molecule has 6 nitrogen and oxygen atoms in total. The van der Waals surface area contributed by atoms with Crippen LogP contribution in [0.15, 0.2) is 30.6 Å². The number of alkyl halides is 3. The van der Waals surface area contributed by atoms with Gasteiger partial charge < -0.3 is 9.64 Å². The molecular formula is C17H17F3N4O2. The normalized spacial score (nSPS) is 17.8. The highest BCUT2D eigenvalue weighted by Gasteiger charge is 2.35. The molecule has 0 amide bonds. The van der Waals surface area contributed by atoms with E-state index < -0.39 is 11.9 Å². The topological polar surface area (TPSA) is 68.2 Å². The van der Waals surface area contributed by atoms with Crippen molar-refractivity contribution >= 4 is 11.8 Å². The van der Waals surface area contributed by atoms with Gasteiger partial charge in [-0.1, -0.05) is 0 Å². The fraction of sp³-hybridized carbons (Fsp3) is 0.412. The van der Waals surface area contributed by atoms with E-state index in [9.17, 15) is 18.0 Å². The van der Waals surface area contributed by atoms with Crippen molar-refractivity contribution in [2.75, 3.05) is 25.1 Å². The summed E-state index contributed by atoms with van der Waals surface area (Å²) in [6.07, 6.45) is -0.371. The van der Waals surface area contributed by atoms with Gasteiger partial charge in [-0.2, -0.15) is 13.2 Å². The minimum Gasteiger partial charge on any atom is -0.469 e. The van der Waals surface area contributed by atoms with E-state index in [1.807, 2.05) is 0 Å². The Kier molecular flexibility index (Phi) is 5.06. The highest BCUT2D eigenvalue weighted by molar-refractivity contribution is 5.73. The third kappa shape index (κ3) is 3.92. The zero-order chi connectivity index (χ0) is 18.7. The number of esters is 1. The molecule has 0 bridgehead atoms. The Morgan fingerprint density at radius 3 is 2.65 bits per heavy atom. The molecule has 1 atom stereocenters. The van der Waals surface area contributed by atoms with Crippen LogP contribution < -0.4 is 4.90 Å². The predicted molar refractivity (Wildman–Crippen MR) is 87.2 cm³/mol. The van der Waals surface area contributed by atoms with Crippen LogP contribution in [0.25, 0.3) is 11.4 Å². The van der Waals surface area contributed by atoms with Crippen molar-refractivity contribution in [3.63, 3.8) is 0 Å². The zero-order valence-electron chi connectivity index (χ0n) is 14.0. The van der Waals surface area contributed by atoms with E-state index in [-0.39, 0.29) is 30.1 Å². The number of pyridine rings is 1. The van der Waals surface area contributed by atoms with E-state index in [0.717, 1.165) is 6.07 Å². The summed E-state index contributed by atoms with van der Waals surface area (Å²) in [5, 5.41) is 0. The molecule has 1 fully saturated rings. The maximum Gasteiger partial charge on any atom is 0.433 e. The quantitative estimate of drug-likeness (QED) is 0.778. The van der Waals surface area contributed by atoms with Gasteiger partial charge in [0.15, 0.2) is 11.5 Å². The first kappa shape index (κ1) is 18.1. The summed E-state index contributed by atoms with van der Waals surface area (Å²) in [6, 6.07) is 4.02. The largest absolute Gasteiger partial charge is 0.469 e. The SMILES string of the molecule is COC(=O)[C@H]1CCCN(c2cc(C(F)(F)F)nc(-c3ccncc3)n2)C1. The maximum atomic E-state index is 13.3. The van der Waals surface area contributed by atoms with Gasteiger partial charge >= 0.3 is 12.1 Å². The van der Waals surface area contributed by atoms with E-state index in [1.165, 1.54) is 19.5 Å². The van der Waals surface area contributed by atoms with Crippen LogP contribution in [0.1, 0.15) is 18.5 Å². The van der Waals surface area contributed by atoms with Gasteiger partial charge in [0.05, 0.1) is 13.0 Å². The Morgan fingerprint density at radius 1 is 1.27 bits per heavy atom. The lowest BCUT2D eigenvalue weighted by atomic mass is 9.98. The Labute approximate surface area is 148 Å². The van der Waals surface area contributed by atoms with Gasteiger partial charge in [-0.15, -0.1) is 0 Å². The number of carbonyl (C=O) groups is 1. The molecule has 2 aromatic heterocycles. The van der Waals surface area contributed by atoms with Crippen LogP contribution in [0.5, 0.6) is 0 Å². The van der Waals surface area contributed by atoms with Crippen LogP contribution in [0.4, 0.5) is 19.0 Å². The van der Waals surface area contributed by atoms with E-state index in [4.69, 9.17) is 4.74 Å². The molecule has 0 saturated carbocycles. The molecule has 0 aliphatic carbocycles. The van der Waals surface area contributed by atoms with E-state index in [2.05, 4.69) is 15.0 Å². The van der Waals surface area contributed by atoms with Crippen molar-refractivity contribution in [1.82, 2.24) is 15.0 Å². The second-order valence-electron chi connectivity index (χ2n) is 5.98. The number of rotatable bonds is 3. The zero-order valence-corrected chi connectivity index (χ0v) is 14.0. The second-order valence-corrected chi connectivity index (χ2v) is 5.98. The Balaban J connectivity index is 1.99. The van der Waals surface area contributed by atoms with Crippen molar-refractivity contribution in [2.45, 2.75) is 19.0 Å². The van der Waals surface area contributed by atoms with Crippen molar-refractivity contribution in [1.29, 1.82) is 0 Å². The molecule has 1 aliphatic rings. The van der Waals surface area contributed by atoms with Gasteiger partial charge in [-0.25, -0.2) is 9.97 Å². The van der Waals surface area contributed by atoms with E-state index in [0.29, 0.717) is 24.9 Å². The van der Waals surface area contributed by atoms with Crippen molar-refractivity contribution in [3.05, 3.63) is 36.3 Å². The smallest absolute Gasteiger partial charge is 0.433 e. The van der Waals surface area contributed by atoms with Gasteiger partial charge in [0.1, 0.15) is 5.82 Å². The van der Waals surface area contributed by atoms with Gasteiger partial charge in [-0.3, -0.25) is 9.78 Å². The van der Waals surface area contributed by atoms with Crippen molar-refractivity contribution in [2.24, 2.45) is 5.92 Å². The molecule has 0 unspecified atom stereocenters. The molecule has 3 rings (SSSR count). The summed E-state index contributed by atoms with van der Waals surface area (Å²) in [7, 11) is 1.30. The van der Waals surface area contributed by atoms with Gasteiger partial charge in [0, 0.05) is 37.1 Å². The summed E-state index contributed by atoms with van der Waals surface area (Å²) in [5.74, 6) is -0.637. The number of halogens is 3. The van der Waals surface area contributed by atoms with E-state index >= 15 is 0 Å². The van der Waals surface area contributed by atoms with Crippen LogP contribution in [-0.2, 0) is 15.7 Å². The minimum absolute atomic E-state index is 0.0302. The summed E-state index contributed by atoms with van der Waals surface area (Å²) in [6.45, 7) is 0.772. The van der Waals surface area contributed by atoms with Crippen LogP contribution in [0.3, 0.4) is 0 Å². The lowest BCUT2D eigenvalue weighted by Crippen LogP contribution is -2.39. The lowest BCUT2D eigenvalue weighted by molar-refractivity contribution is -0.145. The Bertz CT molecular complexity index is 783. The second kappa shape index (κ2) is 7.27. The van der Waals surface area contributed by atoms with Crippen LogP contribution in [0.2, 0.25) is 0 Å². The number of anilines is 1. The highest BCUT2D eigenvalue weighted by Crippen LogP contribution is 2.32. The third-order valence-electron chi connectivity index (χ3n) is 4.22. The number of aromatic nitrogens is 3. The molecular weight excluding hydrogens is 349 g/mol. The number of piperidine rings is 1. The first-order valence-electron chi connectivity index (χ1n) is 8.08. The standard InChI is InChI=1S/C17H17F3N4O2/c1-26-16(25)12-3-2-8-24(10-12)14-9-13(17(18,19)20)22-15(23-14)11-4-6-21-7-5-11/h4-7,9,12H,2-3,8,10H2,1H3/t12-/m0/s1. The lowest BCUT2D eigenvalue weighted by Gasteiger charge is -2.32. The maximum absolute atomic E-state index is 13.3. The molecule has 0 radical (unpaired) electrons. The Morgan fingerprint density at radius 2 is 2.00 bits per heavy atom. The fourth-order valence-electron chi connectivity index (χ4n) is 2.92. The average Bonchev–Trinajstić information content (AvgIpc) is 2.67. The summed E-state index contributed by atoms with van der Waals surface area (Å²) in [5.41, 5.74) is -0.580. The molecule has 0 spiro atoms. The van der Waals surface area contributed by atoms with Crippen LogP contribution in [-0.4, -0.2) is 41.1 Å². The van der Waals surface area contributed by atoms with E-state index in [1.54, 1.807) is 17.0 Å². The van der Waals surface area contributed by atoms with Crippen LogP contribution >= 0.6 is 0 Å². The molecule has 0 aromatic carbocycles. The summed E-state index contributed by atoms with van der Waals surface area (Å²) < 4.78 is 44.6. The third-order valence-corrected chi connectivity index (χ3v) is 4.22. The molecule has 3 heterocycles. The molecule has 2 aromatic rings. The summed E-state index contributed by atoms with van der Waals surface area (Å²) >= 11 is 0. The van der Waals surface area contributed by atoms with Crippen molar-refractivity contribution in [3.8, 4) is 11.4 Å². The van der Waals surface area contributed by atoms with Crippen molar-refractivity contribution < 1.29 is 22.7 Å². The number of hydrogen-bond acceptors (Lipinski definition) is 6. The molecule has 26 heavy (non-hydrogen) atoms. The number of ether oxygens (including phenoxy) is 1. The molecule has 9 heteroatoms. The monoisotopic (exact) mass is 366 g/mol. The number of methoxy groups -OCH3 is 1. The first-order chi connectivity index (χ1) is 12.4. The highest BCUT2D eigenvalue weighted by atomic mass is 19.4. The van der Waals surface area contributed by atoms with Gasteiger partial charge in [0.25, 0.3) is 0 Å². The van der Waals surface area contributed by atoms with Gasteiger partial charge in [-0.05, 0) is 25.0 Å². The first-order valence-corrected chi connectivity index (χ1v) is 8.08. The molecule has 1 aliphatic heterocycles. The molecule has 138 valence electrons. The summed E-state index contributed by atoms with van der Waals surface area (Å²) in [4.78, 5) is 25.3. The molecule has 0 N–H and O–H groups in total. The number of nitrogens with zero attached hydrogens (tertiary/aromatic N) is 4. The number of carbonyl (C=O) groups excluding carboxylic acids is 1.